The summed E-state index contributed by atoms with van der Waals surface area (Å²) in [6.45, 7) is 5.93. The van der Waals surface area contributed by atoms with Crippen LogP contribution in [-0.4, -0.2) is 9.32 Å². The van der Waals surface area contributed by atoms with Crippen LogP contribution in [0.5, 0.6) is 0 Å². The molecule has 1 aromatic carbocycles. The zero-order chi connectivity index (χ0) is 14.0. The fourth-order valence-corrected chi connectivity index (χ4v) is 4.31. The second kappa shape index (κ2) is 5.99. The van der Waals surface area contributed by atoms with Crippen LogP contribution in [0, 0.1) is 12.8 Å². The van der Waals surface area contributed by atoms with Gasteiger partial charge >= 0.3 is 0 Å². The summed E-state index contributed by atoms with van der Waals surface area (Å²) < 4.78 is 12.6. The van der Waals surface area contributed by atoms with Gasteiger partial charge in [-0.2, -0.15) is 0 Å². The van der Waals surface area contributed by atoms with Crippen molar-refractivity contribution in [1.29, 1.82) is 0 Å². The van der Waals surface area contributed by atoms with E-state index in [4.69, 9.17) is 0 Å². The van der Waals surface area contributed by atoms with Gasteiger partial charge in [0.1, 0.15) is 0 Å². The molecule has 0 spiro atoms. The van der Waals surface area contributed by atoms with Crippen LogP contribution in [0.15, 0.2) is 45.5 Å². The molecule has 1 aromatic heterocycles. The number of benzene rings is 1. The van der Waals surface area contributed by atoms with E-state index < -0.39 is 16.9 Å². The molecule has 0 bridgehead atoms. The van der Waals surface area contributed by atoms with Crippen molar-refractivity contribution in [3.63, 3.8) is 0 Å². The van der Waals surface area contributed by atoms with Gasteiger partial charge < -0.3 is 5.11 Å². The number of hydrogen-bond acceptors (Lipinski definition) is 3. The molecule has 0 amide bonds. The van der Waals surface area contributed by atoms with Crippen LogP contribution in [0.2, 0.25) is 0 Å². The molecule has 0 aliphatic carbocycles. The first-order valence-electron chi connectivity index (χ1n) is 6.24. The summed E-state index contributed by atoms with van der Waals surface area (Å²) in [5, 5.41) is 12.1. The van der Waals surface area contributed by atoms with Crippen molar-refractivity contribution in [3.8, 4) is 0 Å². The summed E-state index contributed by atoms with van der Waals surface area (Å²) >= 11 is 1.47. The molecule has 2 aromatic rings. The maximum Gasteiger partial charge on any atom is 0.0917 e. The molecule has 1 unspecified atom stereocenters. The Kier molecular flexibility index (Phi) is 4.55. The Morgan fingerprint density at radius 2 is 1.79 bits per heavy atom. The quantitative estimate of drug-likeness (QED) is 0.928. The Balaban J connectivity index is 2.35. The Labute approximate surface area is 120 Å². The highest BCUT2D eigenvalue weighted by Crippen LogP contribution is 2.33. The molecule has 1 N–H and O–H groups in total. The first kappa shape index (κ1) is 14.4. The van der Waals surface area contributed by atoms with Crippen molar-refractivity contribution in [2.24, 2.45) is 5.92 Å². The zero-order valence-corrected chi connectivity index (χ0v) is 12.9. The number of aliphatic hydroxyl groups excluding tert-OH is 1. The van der Waals surface area contributed by atoms with E-state index in [2.05, 4.69) is 0 Å². The zero-order valence-electron chi connectivity index (χ0n) is 11.3. The van der Waals surface area contributed by atoms with Gasteiger partial charge in [0.05, 0.1) is 21.8 Å². The minimum absolute atomic E-state index is 0.118. The van der Waals surface area contributed by atoms with Crippen LogP contribution in [-0.2, 0) is 10.8 Å². The van der Waals surface area contributed by atoms with Gasteiger partial charge in [0.2, 0.25) is 0 Å². The van der Waals surface area contributed by atoms with E-state index in [0.29, 0.717) is 0 Å². The molecule has 0 saturated heterocycles. The summed E-state index contributed by atoms with van der Waals surface area (Å²) in [5.74, 6) is 0.118. The minimum Gasteiger partial charge on any atom is -0.387 e. The average Bonchev–Trinajstić information content (AvgIpc) is 2.86. The molecule has 2 atom stereocenters. The highest BCUT2D eigenvalue weighted by Gasteiger charge is 2.21. The lowest BCUT2D eigenvalue weighted by molar-refractivity contribution is 0.128. The van der Waals surface area contributed by atoms with E-state index in [0.717, 1.165) is 20.2 Å². The van der Waals surface area contributed by atoms with Crippen molar-refractivity contribution in [1.82, 2.24) is 0 Å². The summed E-state index contributed by atoms with van der Waals surface area (Å²) in [7, 11) is -1.22. The molecule has 0 aliphatic heterocycles. The van der Waals surface area contributed by atoms with Gasteiger partial charge in [-0.05, 0) is 36.4 Å². The molecule has 19 heavy (non-hydrogen) atoms. The van der Waals surface area contributed by atoms with Gasteiger partial charge in [0.25, 0.3) is 0 Å². The fourth-order valence-electron chi connectivity index (χ4n) is 1.77. The van der Waals surface area contributed by atoms with Crippen LogP contribution < -0.4 is 0 Å². The predicted octanol–water partition coefficient (Wildman–Crippen LogP) is 3.91. The average molecular weight is 294 g/mol. The summed E-state index contributed by atoms with van der Waals surface area (Å²) in [6, 6.07) is 9.53. The Hall–Kier alpha value is -0.970. The maximum absolute atomic E-state index is 12.6. The molecule has 0 fully saturated rings. The SMILES string of the molecule is Cc1ccc(S(=O)c2ccsc2[C@H](O)C(C)C)cc1. The summed E-state index contributed by atoms with van der Waals surface area (Å²) in [5.41, 5.74) is 1.15. The number of hydrogen-bond donors (Lipinski definition) is 1. The fraction of sp³-hybridized carbons (Fsp3) is 0.333. The van der Waals surface area contributed by atoms with Crippen molar-refractivity contribution in [2.45, 2.75) is 36.7 Å². The molecule has 0 radical (unpaired) electrons. The molecular weight excluding hydrogens is 276 g/mol. The topological polar surface area (TPSA) is 37.3 Å². The molecule has 1 heterocycles. The third-order valence-electron chi connectivity index (χ3n) is 2.99. The Morgan fingerprint density at radius 3 is 2.37 bits per heavy atom. The van der Waals surface area contributed by atoms with E-state index in [1.165, 1.54) is 11.3 Å². The van der Waals surface area contributed by atoms with Crippen LogP contribution in [0.4, 0.5) is 0 Å². The van der Waals surface area contributed by atoms with Gasteiger partial charge in [0.15, 0.2) is 0 Å². The highest BCUT2D eigenvalue weighted by atomic mass is 32.2. The third-order valence-corrected chi connectivity index (χ3v) is 5.56. The number of aryl methyl sites for hydroxylation is 1. The lowest BCUT2D eigenvalue weighted by Gasteiger charge is -2.14. The second-order valence-electron chi connectivity index (χ2n) is 4.92. The van der Waals surface area contributed by atoms with E-state index in [1.807, 2.05) is 56.5 Å². The minimum atomic E-state index is -1.22. The molecule has 0 aliphatic rings. The molecule has 4 heteroatoms. The van der Waals surface area contributed by atoms with Gasteiger partial charge in [-0.3, -0.25) is 0 Å². The van der Waals surface area contributed by atoms with Crippen LogP contribution >= 0.6 is 11.3 Å². The van der Waals surface area contributed by atoms with E-state index >= 15 is 0 Å². The largest absolute Gasteiger partial charge is 0.387 e. The summed E-state index contributed by atoms with van der Waals surface area (Å²) in [6.07, 6.45) is -0.551. The lowest BCUT2D eigenvalue weighted by Crippen LogP contribution is -2.06. The van der Waals surface area contributed by atoms with Crippen molar-refractivity contribution < 1.29 is 9.32 Å². The molecule has 102 valence electrons. The highest BCUT2D eigenvalue weighted by molar-refractivity contribution is 7.85. The van der Waals surface area contributed by atoms with Crippen molar-refractivity contribution in [3.05, 3.63) is 46.2 Å². The monoisotopic (exact) mass is 294 g/mol. The number of rotatable bonds is 4. The molecule has 2 rings (SSSR count). The van der Waals surface area contributed by atoms with Gasteiger partial charge in [-0.15, -0.1) is 11.3 Å². The van der Waals surface area contributed by atoms with Crippen LogP contribution in [0.25, 0.3) is 0 Å². The molecule has 0 saturated carbocycles. The summed E-state index contributed by atoms with van der Waals surface area (Å²) in [4.78, 5) is 2.32. The van der Waals surface area contributed by atoms with Crippen LogP contribution in [0.1, 0.15) is 30.4 Å². The third kappa shape index (κ3) is 3.14. The van der Waals surface area contributed by atoms with Crippen molar-refractivity contribution >= 4 is 22.1 Å². The lowest BCUT2D eigenvalue weighted by atomic mass is 10.1. The van der Waals surface area contributed by atoms with Gasteiger partial charge in [-0.25, -0.2) is 4.21 Å². The van der Waals surface area contributed by atoms with E-state index in [-0.39, 0.29) is 5.92 Å². The normalized spacial score (nSPS) is 14.6. The maximum atomic E-state index is 12.6. The van der Waals surface area contributed by atoms with Gasteiger partial charge in [-0.1, -0.05) is 31.5 Å². The van der Waals surface area contributed by atoms with E-state index in [9.17, 15) is 9.32 Å². The standard InChI is InChI=1S/C15H18O2S2/c1-10(2)14(16)15-13(8-9-18-15)19(17)12-6-4-11(3)5-7-12/h4-10,14,16H,1-3H3/t14-,19?/m1/s1. The van der Waals surface area contributed by atoms with Crippen molar-refractivity contribution in [2.75, 3.05) is 0 Å². The Bertz CT molecular complexity index is 570. The number of thiophene rings is 1. The second-order valence-corrected chi connectivity index (χ2v) is 7.32. The Morgan fingerprint density at radius 1 is 1.16 bits per heavy atom. The first-order valence-corrected chi connectivity index (χ1v) is 8.27. The number of aliphatic hydroxyl groups is 1. The molecule has 2 nitrogen and oxygen atoms in total. The predicted molar refractivity (Wildman–Crippen MR) is 80.0 cm³/mol. The smallest absolute Gasteiger partial charge is 0.0917 e. The van der Waals surface area contributed by atoms with Gasteiger partial charge in [0, 0.05) is 9.77 Å². The van der Waals surface area contributed by atoms with E-state index in [1.54, 1.807) is 0 Å². The van der Waals surface area contributed by atoms with Crippen LogP contribution in [0.3, 0.4) is 0 Å². The molecular formula is C15H18O2S2. The first-order chi connectivity index (χ1) is 9.00.